The molecule has 0 N–H and O–H groups in total. The van der Waals surface area contributed by atoms with Crippen molar-refractivity contribution in [1.82, 2.24) is 14.8 Å². The fraction of sp³-hybridized carbons (Fsp3) is 0.400. The molecule has 2 fully saturated rings. The van der Waals surface area contributed by atoms with Gasteiger partial charge in [0, 0.05) is 16.9 Å². The minimum Gasteiger partial charge on any atom is -0.302 e. The first-order valence-corrected chi connectivity index (χ1v) is 8.28. The normalized spacial score (nSPS) is 17.7. The zero-order chi connectivity index (χ0) is 14.4. The Morgan fingerprint density at radius 2 is 2.05 bits per heavy atom. The zero-order valence-electron chi connectivity index (χ0n) is 11.3. The van der Waals surface area contributed by atoms with E-state index in [4.69, 9.17) is 16.9 Å². The molecular formula is C15H13ClN4S. The fourth-order valence-electron chi connectivity index (χ4n) is 2.41. The summed E-state index contributed by atoms with van der Waals surface area (Å²) < 4.78 is 2.30. The van der Waals surface area contributed by atoms with E-state index in [-0.39, 0.29) is 0 Å². The lowest BCUT2D eigenvalue weighted by atomic mass is 10.2. The van der Waals surface area contributed by atoms with E-state index < -0.39 is 0 Å². The van der Waals surface area contributed by atoms with Crippen molar-refractivity contribution in [3.63, 3.8) is 0 Å². The highest BCUT2D eigenvalue weighted by Crippen LogP contribution is 2.47. The van der Waals surface area contributed by atoms with Crippen molar-refractivity contribution in [2.24, 2.45) is 0 Å². The molecule has 6 heteroatoms. The van der Waals surface area contributed by atoms with Gasteiger partial charge in [0.2, 0.25) is 0 Å². The van der Waals surface area contributed by atoms with Gasteiger partial charge in [-0.3, -0.25) is 0 Å². The molecule has 0 atom stereocenters. The van der Waals surface area contributed by atoms with Gasteiger partial charge in [0.25, 0.3) is 0 Å². The van der Waals surface area contributed by atoms with Gasteiger partial charge in [0.05, 0.1) is 16.7 Å². The average molecular weight is 317 g/mol. The minimum atomic E-state index is 0.565. The molecule has 0 bridgehead atoms. The van der Waals surface area contributed by atoms with Crippen LogP contribution in [-0.4, -0.2) is 14.8 Å². The van der Waals surface area contributed by atoms with Crippen molar-refractivity contribution in [3.05, 3.63) is 34.6 Å². The van der Waals surface area contributed by atoms with Gasteiger partial charge in [-0.25, -0.2) is 0 Å². The van der Waals surface area contributed by atoms with Crippen LogP contribution in [0.4, 0.5) is 0 Å². The molecule has 4 rings (SSSR count). The van der Waals surface area contributed by atoms with Crippen molar-refractivity contribution in [1.29, 1.82) is 5.26 Å². The quantitative estimate of drug-likeness (QED) is 0.849. The predicted octanol–water partition coefficient (Wildman–Crippen LogP) is 4.17. The number of benzene rings is 1. The molecule has 106 valence electrons. The van der Waals surface area contributed by atoms with Crippen molar-refractivity contribution < 1.29 is 0 Å². The van der Waals surface area contributed by atoms with Crippen LogP contribution in [0.5, 0.6) is 0 Å². The summed E-state index contributed by atoms with van der Waals surface area (Å²) in [7, 11) is 0. The lowest BCUT2D eigenvalue weighted by Gasteiger charge is -2.08. The molecule has 4 nitrogen and oxygen atoms in total. The maximum atomic E-state index is 8.90. The van der Waals surface area contributed by atoms with E-state index in [1.807, 2.05) is 6.07 Å². The Bertz CT molecular complexity index is 741. The van der Waals surface area contributed by atoms with E-state index in [9.17, 15) is 0 Å². The molecule has 1 heterocycles. The third kappa shape index (κ3) is 2.54. The topological polar surface area (TPSA) is 54.5 Å². The van der Waals surface area contributed by atoms with Crippen molar-refractivity contribution in [3.8, 4) is 6.07 Å². The van der Waals surface area contributed by atoms with E-state index >= 15 is 0 Å². The van der Waals surface area contributed by atoms with Crippen LogP contribution in [0.25, 0.3) is 0 Å². The Labute approximate surface area is 132 Å². The summed E-state index contributed by atoms with van der Waals surface area (Å²) in [5.74, 6) is 1.74. The molecule has 2 aliphatic carbocycles. The molecule has 0 aliphatic heterocycles. The highest BCUT2D eigenvalue weighted by Gasteiger charge is 2.36. The molecule has 0 spiro atoms. The second kappa shape index (κ2) is 5.04. The summed E-state index contributed by atoms with van der Waals surface area (Å²) in [6, 6.07) is 8.03. The number of aromatic nitrogens is 3. The predicted molar refractivity (Wildman–Crippen MR) is 80.6 cm³/mol. The standard InChI is InChI=1S/C15H13ClN4S/c16-12-7-9(8-17)1-6-13(12)21-15-19-18-14(10-2-3-10)20(15)11-4-5-11/h1,6-7,10-11H,2-5H2. The highest BCUT2D eigenvalue weighted by molar-refractivity contribution is 7.99. The van der Waals surface area contributed by atoms with E-state index in [0.717, 1.165) is 15.9 Å². The Morgan fingerprint density at radius 3 is 2.67 bits per heavy atom. The third-order valence-corrected chi connectivity index (χ3v) is 5.27. The van der Waals surface area contributed by atoms with Crippen molar-refractivity contribution >= 4 is 23.4 Å². The monoisotopic (exact) mass is 316 g/mol. The van der Waals surface area contributed by atoms with Gasteiger partial charge in [-0.05, 0) is 55.6 Å². The smallest absolute Gasteiger partial charge is 0.196 e. The number of hydrogen-bond donors (Lipinski definition) is 0. The van der Waals surface area contributed by atoms with Crippen LogP contribution in [0, 0.1) is 11.3 Å². The number of nitrogens with zero attached hydrogens (tertiary/aromatic N) is 4. The van der Waals surface area contributed by atoms with Crippen LogP contribution in [0.2, 0.25) is 5.02 Å². The average Bonchev–Trinajstić information content (AvgIpc) is 3.40. The van der Waals surface area contributed by atoms with Crippen molar-refractivity contribution in [2.45, 2.75) is 47.7 Å². The fourth-order valence-corrected chi connectivity index (χ4v) is 3.61. The summed E-state index contributed by atoms with van der Waals surface area (Å²) in [5, 5.41) is 19.2. The van der Waals surface area contributed by atoms with Crippen LogP contribution < -0.4 is 0 Å². The Balaban J connectivity index is 1.67. The highest BCUT2D eigenvalue weighted by atomic mass is 35.5. The number of hydrogen-bond acceptors (Lipinski definition) is 4. The maximum Gasteiger partial charge on any atom is 0.196 e. The molecule has 2 aromatic rings. The molecule has 2 saturated carbocycles. The number of halogens is 1. The van der Waals surface area contributed by atoms with Crippen LogP contribution in [0.15, 0.2) is 28.3 Å². The molecule has 1 aromatic carbocycles. The summed E-state index contributed by atoms with van der Waals surface area (Å²) in [6.07, 6.45) is 4.89. The van der Waals surface area contributed by atoms with Crippen molar-refractivity contribution in [2.75, 3.05) is 0 Å². The largest absolute Gasteiger partial charge is 0.302 e. The molecular weight excluding hydrogens is 304 g/mol. The molecule has 0 unspecified atom stereocenters. The lowest BCUT2D eigenvalue weighted by Crippen LogP contribution is -2.01. The second-order valence-corrected chi connectivity index (χ2v) is 6.99. The summed E-state index contributed by atoms with van der Waals surface area (Å²) >= 11 is 7.80. The summed E-state index contributed by atoms with van der Waals surface area (Å²) in [5.41, 5.74) is 0.576. The minimum absolute atomic E-state index is 0.565. The Hall–Kier alpha value is -1.51. The summed E-state index contributed by atoms with van der Waals surface area (Å²) in [4.78, 5) is 0.923. The van der Waals surface area contributed by atoms with Crippen LogP contribution in [0.1, 0.15) is 49.0 Å². The van der Waals surface area contributed by atoms with E-state index in [1.54, 1.807) is 23.9 Å². The third-order valence-electron chi connectivity index (χ3n) is 3.81. The SMILES string of the molecule is N#Cc1ccc(Sc2nnc(C3CC3)n2C2CC2)c(Cl)c1. The van der Waals surface area contributed by atoms with Crippen LogP contribution in [0.3, 0.4) is 0 Å². The van der Waals surface area contributed by atoms with E-state index in [2.05, 4.69) is 20.8 Å². The van der Waals surface area contributed by atoms with Gasteiger partial charge < -0.3 is 4.57 Å². The van der Waals surface area contributed by atoms with E-state index in [0.29, 0.717) is 22.5 Å². The molecule has 0 saturated heterocycles. The van der Waals surface area contributed by atoms with Gasteiger partial charge in [-0.2, -0.15) is 5.26 Å². The van der Waals surface area contributed by atoms with Crippen LogP contribution >= 0.6 is 23.4 Å². The van der Waals surface area contributed by atoms with Gasteiger partial charge in [0.1, 0.15) is 5.82 Å². The van der Waals surface area contributed by atoms with Gasteiger partial charge in [0.15, 0.2) is 5.16 Å². The number of rotatable bonds is 4. The Kier molecular flexibility index (Phi) is 3.16. The zero-order valence-corrected chi connectivity index (χ0v) is 12.9. The van der Waals surface area contributed by atoms with Gasteiger partial charge in [-0.15, -0.1) is 10.2 Å². The molecule has 0 amide bonds. The maximum absolute atomic E-state index is 8.90. The lowest BCUT2D eigenvalue weighted by molar-refractivity contribution is 0.627. The van der Waals surface area contributed by atoms with Crippen LogP contribution in [-0.2, 0) is 0 Å². The first-order valence-electron chi connectivity index (χ1n) is 7.08. The first kappa shape index (κ1) is 13.2. The molecule has 1 aromatic heterocycles. The molecule has 21 heavy (non-hydrogen) atoms. The molecule has 2 aliphatic rings. The number of nitriles is 1. The summed E-state index contributed by atoms with van der Waals surface area (Å²) in [6.45, 7) is 0. The van der Waals surface area contributed by atoms with Gasteiger partial charge in [-0.1, -0.05) is 11.6 Å². The first-order chi connectivity index (χ1) is 10.3. The van der Waals surface area contributed by atoms with E-state index in [1.165, 1.54) is 25.7 Å². The second-order valence-electron chi connectivity index (χ2n) is 5.58. The van der Waals surface area contributed by atoms with Gasteiger partial charge >= 0.3 is 0 Å². The Morgan fingerprint density at radius 1 is 1.24 bits per heavy atom. The molecule has 0 radical (unpaired) electrons.